The van der Waals surface area contributed by atoms with E-state index in [-0.39, 0.29) is 38.9 Å². The fourth-order valence-electron chi connectivity index (χ4n) is 1.02. The van der Waals surface area contributed by atoms with Crippen LogP contribution >= 0.6 is 0 Å². The summed E-state index contributed by atoms with van der Waals surface area (Å²) in [5.74, 6) is -1.18. The monoisotopic (exact) mass is 365 g/mol. The second-order valence-electron chi connectivity index (χ2n) is 2.85. The minimum atomic E-state index is -0.420. The van der Waals surface area contributed by atoms with Crippen molar-refractivity contribution in [3.63, 3.8) is 0 Å². The van der Waals surface area contributed by atoms with E-state index in [9.17, 15) is 9.59 Å². The molecule has 0 spiro atoms. The second kappa shape index (κ2) is 4.72. The van der Waals surface area contributed by atoms with E-state index in [1.807, 2.05) is 13.8 Å². The summed E-state index contributed by atoms with van der Waals surface area (Å²) in [4.78, 5) is 21.4. The van der Waals surface area contributed by atoms with Crippen molar-refractivity contribution in [1.29, 1.82) is 0 Å². The number of rotatable bonds is 1. The van der Waals surface area contributed by atoms with Gasteiger partial charge in [-0.3, -0.25) is 9.59 Å². The molecule has 68 valence electrons. The molecule has 0 bridgehead atoms. The molecule has 3 nitrogen and oxygen atoms in total. The van der Waals surface area contributed by atoms with Gasteiger partial charge in [-0.15, -0.1) is 0 Å². The first-order valence-corrected chi connectivity index (χ1v) is 3.49. The van der Waals surface area contributed by atoms with Gasteiger partial charge in [0, 0.05) is 0 Å². The van der Waals surface area contributed by atoms with Gasteiger partial charge in [0.1, 0.15) is 0 Å². The van der Waals surface area contributed by atoms with Crippen LogP contribution in [0.2, 0.25) is 0 Å². The molecule has 1 fully saturated rings. The Bertz CT molecular complexity index is 228. The van der Waals surface area contributed by atoms with Crippen LogP contribution < -0.4 is 0 Å². The van der Waals surface area contributed by atoms with Crippen molar-refractivity contribution in [3.8, 4) is 0 Å². The fraction of sp³-hybridized carbons (Fsp3) is 0.500. The van der Waals surface area contributed by atoms with Gasteiger partial charge in [-0.05, 0) is 13.8 Å². The third-order valence-corrected chi connectivity index (χ3v) is 1.44. The Morgan fingerprint density at radius 2 is 2.08 bits per heavy atom. The first-order valence-electron chi connectivity index (χ1n) is 3.49. The molecule has 1 rings (SSSR count). The predicted molar refractivity (Wildman–Crippen MR) is 47.2 cm³/mol. The number of carbonyl (C=O) groups excluding carboxylic acids is 2. The number of cyclic esters (lactones) is 2. The Kier molecular flexibility index (Phi) is 4.63. The average molecular weight is 365 g/mol. The molecule has 1 aliphatic rings. The van der Waals surface area contributed by atoms with Crippen LogP contribution in [-0.2, 0) is 14.3 Å². The van der Waals surface area contributed by atoms with E-state index >= 15 is 0 Å². The molecule has 1 unspecified atom stereocenters. The first kappa shape index (κ1) is 11.8. The topological polar surface area (TPSA) is 43.4 Å². The number of ether oxygens (including phenoxy) is 1. The Hall–Kier alpha value is -0.224. The summed E-state index contributed by atoms with van der Waals surface area (Å²) in [6.45, 7) is 3.77. The molecular formula is C8H12O3Po. The van der Waals surface area contributed by atoms with Crippen LogP contribution in [0.25, 0.3) is 0 Å². The van der Waals surface area contributed by atoms with Gasteiger partial charge in [0.25, 0.3) is 0 Å². The van der Waals surface area contributed by atoms with Gasteiger partial charge in [0.15, 0.2) is 0 Å². The first-order chi connectivity index (χ1) is 5.09. The molecule has 0 radical (unpaired) electrons. The fourth-order valence-corrected chi connectivity index (χ4v) is 1.02. The van der Waals surface area contributed by atoms with Crippen molar-refractivity contribution < 1.29 is 14.3 Å². The molecule has 0 aromatic carbocycles. The molecule has 0 amide bonds. The van der Waals surface area contributed by atoms with Crippen LogP contribution in [0.5, 0.6) is 0 Å². The van der Waals surface area contributed by atoms with E-state index in [1.54, 1.807) is 6.08 Å². The summed E-state index contributed by atoms with van der Waals surface area (Å²) >= 11 is 0. The summed E-state index contributed by atoms with van der Waals surface area (Å²) in [6, 6.07) is 0. The van der Waals surface area contributed by atoms with Gasteiger partial charge in [-0.2, -0.15) is 0 Å². The summed E-state index contributed by atoms with van der Waals surface area (Å²) in [7, 11) is 0. The number of esters is 2. The van der Waals surface area contributed by atoms with Gasteiger partial charge < -0.3 is 4.74 Å². The molecule has 1 heterocycles. The third-order valence-electron chi connectivity index (χ3n) is 1.44. The van der Waals surface area contributed by atoms with Crippen molar-refractivity contribution in [2.45, 2.75) is 20.3 Å². The van der Waals surface area contributed by atoms with Gasteiger partial charge in [-0.25, -0.2) is 0 Å². The van der Waals surface area contributed by atoms with E-state index in [4.69, 9.17) is 0 Å². The molecule has 1 saturated heterocycles. The molecule has 1 aliphatic heterocycles. The molecule has 0 saturated carbocycles. The average Bonchev–Trinajstić information content (AvgIpc) is 2.09. The minimum absolute atomic E-state index is 0. The van der Waals surface area contributed by atoms with Crippen LogP contribution in [-0.4, -0.2) is 38.5 Å². The Labute approximate surface area is 90.6 Å². The zero-order chi connectivity index (χ0) is 8.43. The van der Waals surface area contributed by atoms with Crippen molar-refractivity contribution in [2.75, 3.05) is 0 Å². The van der Waals surface area contributed by atoms with E-state index < -0.39 is 11.9 Å². The van der Waals surface area contributed by atoms with Crippen molar-refractivity contribution in [1.82, 2.24) is 0 Å². The van der Waals surface area contributed by atoms with E-state index in [0.29, 0.717) is 0 Å². The predicted octanol–water partition coefficient (Wildman–Crippen LogP) is 0.126. The Morgan fingerprint density at radius 3 is 2.42 bits per heavy atom. The number of carbonyl (C=O) groups is 2. The molecular weight excluding hydrogens is 353 g/mol. The molecule has 0 aromatic rings. The van der Waals surface area contributed by atoms with Crippen LogP contribution in [0.15, 0.2) is 11.6 Å². The molecule has 0 N–H and O–H groups in total. The van der Waals surface area contributed by atoms with Crippen molar-refractivity contribution in [2.24, 2.45) is 5.92 Å². The van der Waals surface area contributed by atoms with Crippen molar-refractivity contribution >= 4 is 38.5 Å². The normalized spacial score (nSPS) is 21.3. The Balaban J connectivity index is 0.00000121. The zero-order valence-corrected chi connectivity index (χ0v) is 11.0. The van der Waals surface area contributed by atoms with Gasteiger partial charge >= 0.3 is 38.5 Å². The maximum atomic E-state index is 10.8. The van der Waals surface area contributed by atoms with Crippen molar-refractivity contribution in [3.05, 3.63) is 11.6 Å². The van der Waals surface area contributed by atoms with Gasteiger partial charge in [0.2, 0.25) is 0 Å². The van der Waals surface area contributed by atoms with E-state index in [1.165, 1.54) is 0 Å². The molecule has 4 heteroatoms. The van der Waals surface area contributed by atoms with Crippen LogP contribution in [0.4, 0.5) is 0 Å². The molecule has 0 aliphatic carbocycles. The third kappa shape index (κ3) is 3.03. The van der Waals surface area contributed by atoms with Crippen LogP contribution in [0, 0.1) is 5.92 Å². The van der Waals surface area contributed by atoms with E-state index in [2.05, 4.69) is 4.74 Å². The summed E-state index contributed by atoms with van der Waals surface area (Å²) in [5, 5.41) is 0. The maximum absolute atomic E-state index is 10.8. The summed E-state index contributed by atoms with van der Waals surface area (Å²) in [6.07, 6.45) is 1.96. The summed E-state index contributed by atoms with van der Waals surface area (Å²) in [5.41, 5.74) is 1.03. The van der Waals surface area contributed by atoms with Gasteiger partial charge in [-0.1, -0.05) is 11.6 Å². The van der Waals surface area contributed by atoms with E-state index in [0.717, 1.165) is 5.57 Å². The second-order valence-corrected chi connectivity index (χ2v) is 2.85. The SMILES string of the molecule is CC(C)=CC1CC(=O)OC1=O.[PoH2]. The van der Waals surface area contributed by atoms with Crippen LogP contribution in [0.3, 0.4) is 0 Å². The quantitative estimate of drug-likeness (QED) is 0.377. The molecule has 0 aromatic heterocycles. The standard InChI is InChI=1S/C8H10O3.Po.2H/c1-5(2)3-6-4-7(9)11-8(6)10;;;/h3,6H,4H2,1-2H3;;;. The summed E-state index contributed by atoms with van der Waals surface area (Å²) < 4.78 is 4.35. The Morgan fingerprint density at radius 1 is 1.50 bits per heavy atom. The number of hydrogen-bond acceptors (Lipinski definition) is 3. The molecule has 12 heavy (non-hydrogen) atoms. The zero-order valence-electron chi connectivity index (χ0n) is 7.09. The van der Waals surface area contributed by atoms with Gasteiger partial charge in [0.05, 0.1) is 12.3 Å². The van der Waals surface area contributed by atoms with Crippen LogP contribution in [0.1, 0.15) is 20.3 Å². The number of hydrogen-bond donors (Lipinski definition) is 0. The number of allylic oxidation sites excluding steroid dienone is 1. The molecule has 1 atom stereocenters.